The summed E-state index contributed by atoms with van der Waals surface area (Å²) in [5.41, 5.74) is 3.62. The molecule has 0 spiro atoms. The van der Waals surface area contributed by atoms with Gasteiger partial charge in [-0.3, -0.25) is 5.10 Å². The highest BCUT2D eigenvalue weighted by Crippen LogP contribution is 2.39. The molecule has 0 aliphatic heterocycles. The normalized spacial score (nSPS) is 19.8. The van der Waals surface area contributed by atoms with E-state index in [1.54, 1.807) is 12.3 Å². The van der Waals surface area contributed by atoms with Gasteiger partial charge >= 0.3 is 0 Å². The van der Waals surface area contributed by atoms with Gasteiger partial charge in [0, 0.05) is 40.8 Å². The number of nitrogens with one attached hydrogen (secondary N) is 3. The topological polar surface area (TPSA) is 106 Å². The lowest BCUT2D eigenvalue weighted by atomic mass is 9.99. The smallest absolute Gasteiger partial charge is 0.159 e. The third kappa shape index (κ3) is 2.39. The van der Waals surface area contributed by atoms with Crippen LogP contribution in [0.25, 0.3) is 21.9 Å². The largest absolute Gasteiger partial charge is 0.367 e. The van der Waals surface area contributed by atoms with Crippen molar-refractivity contribution in [2.45, 2.75) is 31.2 Å². The van der Waals surface area contributed by atoms with E-state index in [-0.39, 0.29) is 0 Å². The number of anilines is 1. The Morgan fingerprint density at radius 1 is 1.08 bits per heavy atom. The minimum Gasteiger partial charge on any atom is -0.367 e. The molecule has 0 radical (unpaired) electrons. The summed E-state index contributed by atoms with van der Waals surface area (Å²) in [6, 6.07) is 8.16. The molecule has 1 fully saturated rings. The molecule has 0 amide bonds. The molecule has 0 bridgehead atoms. The second-order valence-electron chi connectivity index (χ2n) is 6.79. The van der Waals surface area contributed by atoms with Crippen LogP contribution < -0.4 is 5.32 Å². The monoisotopic (exact) mass is 343 g/mol. The summed E-state index contributed by atoms with van der Waals surface area (Å²) in [5, 5.41) is 21.3. The molecule has 2 atom stereocenters. The molecule has 0 unspecified atom stereocenters. The average molecular weight is 343 g/mol. The van der Waals surface area contributed by atoms with E-state index in [1.807, 2.05) is 24.5 Å². The van der Waals surface area contributed by atoms with Crippen molar-refractivity contribution in [1.29, 1.82) is 5.26 Å². The molecule has 128 valence electrons. The van der Waals surface area contributed by atoms with Gasteiger partial charge in [0.05, 0.1) is 17.3 Å². The van der Waals surface area contributed by atoms with E-state index < -0.39 is 0 Å². The first kappa shape index (κ1) is 14.9. The number of aromatic amines is 2. The molecule has 7 nitrogen and oxygen atoms in total. The van der Waals surface area contributed by atoms with E-state index in [2.05, 4.69) is 36.5 Å². The van der Waals surface area contributed by atoms with Gasteiger partial charge in [-0.25, -0.2) is 15.0 Å². The Morgan fingerprint density at radius 2 is 2.04 bits per heavy atom. The van der Waals surface area contributed by atoms with Crippen LogP contribution in [-0.2, 0) is 0 Å². The number of H-pyrrole nitrogens is 2. The Hall–Kier alpha value is -3.40. The molecule has 4 aromatic rings. The number of hydrogen-bond acceptors (Lipinski definition) is 5. The van der Waals surface area contributed by atoms with Crippen molar-refractivity contribution < 1.29 is 0 Å². The van der Waals surface area contributed by atoms with E-state index in [0.717, 1.165) is 41.6 Å². The summed E-state index contributed by atoms with van der Waals surface area (Å²) < 4.78 is 0. The second kappa shape index (κ2) is 5.85. The number of pyridine rings is 2. The maximum absolute atomic E-state index is 8.87. The fourth-order valence-electron chi connectivity index (χ4n) is 3.98. The van der Waals surface area contributed by atoms with Crippen molar-refractivity contribution in [1.82, 2.24) is 25.1 Å². The van der Waals surface area contributed by atoms with Crippen LogP contribution in [0.5, 0.6) is 0 Å². The summed E-state index contributed by atoms with van der Waals surface area (Å²) in [5.74, 6) is 1.27. The fourth-order valence-corrected chi connectivity index (χ4v) is 3.98. The summed E-state index contributed by atoms with van der Waals surface area (Å²) in [6.45, 7) is 0. The molecule has 1 aliphatic rings. The predicted molar refractivity (Wildman–Crippen MR) is 98.7 cm³/mol. The summed E-state index contributed by atoms with van der Waals surface area (Å²) in [6.07, 6.45) is 8.48. The number of aromatic nitrogens is 5. The standard InChI is InChI=1S/C19H17N7/c20-8-11-1-4-16(22-9-11)24-13-3-2-12(7-13)18-17-14-5-6-21-19(14)23-10-15(17)25-26-18/h1,4-6,9-10,12-13,25-26H,2-3,7H2,(H,22,24)/t12-,13+/m1/s1. The first-order chi connectivity index (χ1) is 12.8. The van der Waals surface area contributed by atoms with Gasteiger partial charge in [-0.15, -0.1) is 0 Å². The van der Waals surface area contributed by atoms with E-state index in [1.165, 1.54) is 11.1 Å². The van der Waals surface area contributed by atoms with E-state index in [4.69, 9.17) is 5.26 Å². The van der Waals surface area contributed by atoms with Crippen LogP contribution >= 0.6 is 0 Å². The molecule has 5 rings (SSSR count). The summed E-state index contributed by atoms with van der Waals surface area (Å²) >= 11 is 0. The molecule has 26 heavy (non-hydrogen) atoms. The first-order valence-corrected chi connectivity index (χ1v) is 8.74. The van der Waals surface area contributed by atoms with E-state index in [0.29, 0.717) is 17.5 Å². The van der Waals surface area contributed by atoms with E-state index >= 15 is 0 Å². The zero-order valence-corrected chi connectivity index (χ0v) is 14.0. The number of nitrogens with zero attached hydrogens (tertiary/aromatic N) is 4. The molecule has 3 N–H and O–H groups in total. The van der Waals surface area contributed by atoms with Crippen LogP contribution in [0, 0.1) is 11.3 Å². The highest BCUT2D eigenvalue weighted by molar-refractivity contribution is 6.04. The van der Waals surface area contributed by atoms with Gasteiger partial charge in [0.25, 0.3) is 0 Å². The van der Waals surface area contributed by atoms with Crippen molar-refractivity contribution >= 4 is 27.8 Å². The molecular weight excluding hydrogens is 326 g/mol. The summed E-state index contributed by atoms with van der Waals surface area (Å²) in [7, 11) is 0. The van der Waals surface area contributed by atoms with Crippen molar-refractivity contribution in [3.8, 4) is 6.07 Å². The van der Waals surface area contributed by atoms with Crippen LogP contribution in [0.4, 0.5) is 5.82 Å². The van der Waals surface area contributed by atoms with Gasteiger partial charge in [0.15, 0.2) is 5.65 Å². The van der Waals surface area contributed by atoms with Gasteiger partial charge in [0.1, 0.15) is 11.9 Å². The molecule has 4 aromatic heterocycles. The van der Waals surface area contributed by atoms with E-state index in [9.17, 15) is 0 Å². The Morgan fingerprint density at radius 3 is 2.88 bits per heavy atom. The first-order valence-electron chi connectivity index (χ1n) is 8.74. The number of fused-ring (bicyclic) bond motifs is 3. The highest BCUT2D eigenvalue weighted by atomic mass is 15.1. The maximum Gasteiger partial charge on any atom is 0.159 e. The Kier molecular flexibility index (Phi) is 3.35. The SMILES string of the molecule is N#Cc1ccc(N[C@H]2CC[C@@H](c3[nH][nH]c4cnc5nccc5c34)C2)nc1. The lowest BCUT2D eigenvalue weighted by Gasteiger charge is -2.14. The molecular formula is C19H17N7. The lowest BCUT2D eigenvalue weighted by Crippen LogP contribution is -2.16. The molecule has 0 aromatic carbocycles. The number of nitriles is 1. The summed E-state index contributed by atoms with van der Waals surface area (Å²) in [4.78, 5) is 13.0. The molecule has 0 saturated heterocycles. The predicted octanol–water partition coefficient (Wildman–Crippen LogP) is 3.45. The quantitative estimate of drug-likeness (QED) is 0.528. The van der Waals surface area contributed by atoms with Crippen LogP contribution in [0.15, 0.2) is 36.8 Å². The van der Waals surface area contributed by atoms with Crippen molar-refractivity contribution in [2.24, 2.45) is 0 Å². The van der Waals surface area contributed by atoms with Gasteiger partial charge < -0.3 is 10.4 Å². The van der Waals surface area contributed by atoms with Gasteiger partial charge in [0.2, 0.25) is 0 Å². The third-order valence-corrected chi connectivity index (χ3v) is 5.22. The van der Waals surface area contributed by atoms with Crippen LogP contribution in [-0.4, -0.2) is 31.2 Å². The minimum absolute atomic E-state index is 0.369. The number of hydrogen-bond donors (Lipinski definition) is 3. The molecule has 1 aliphatic carbocycles. The molecule has 7 heteroatoms. The van der Waals surface area contributed by atoms with Crippen LogP contribution in [0.2, 0.25) is 0 Å². The van der Waals surface area contributed by atoms with Gasteiger partial charge in [-0.2, -0.15) is 5.26 Å². The minimum atomic E-state index is 0.369. The number of rotatable bonds is 3. The average Bonchev–Trinajstić information content (AvgIpc) is 3.40. The van der Waals surface area contributed by atoms with Crippen LogP contribution in [0.1, 0.15) is 36.4 Å². The van der Waals surface area contributed by atoms with Gasteiger partial charge in [-0.1, -0.05) is 0 Å². The third-order valence-electron chi connectivity index (χ3n) is 5.22. The van der Waals surface area contributed by atoms with Crippen molar-refractivity contribution in [3.63, 3.8) is 0 Å². The maximum atomic E-state index is 8.87. The molecule has 4 heterocycles. The van der Waals surface area contributed by atoms with Crippen molar-refractivity contribution in [3.05, 3.63) is 48.0 Å². The zero-order chi connectivity index (χ0) is 17.5. The lowest BCUT2D eigenvalue weighted by molar-refractivity contribution is 0.682. The second-order valence-corrected chi connectivity index (χ2v) is 6.79. The fraction of sp³-hybridized carbons (Fsp3) is 0.263. The van der Waals surface area contributed by atoms with Gasteiger partial charge in [-0.05, 0) is 37.5 Å². The molecule has 1 saturated carbocycles. The zero-order valence-electron chi connectivity index (χ0n) is 14.0. The highest BCUT2D eigenvalue weighted by Gasteiger charge is 2.29. The van der Waals surface area contributed by atoms with Crippen LogP contribution in [0.3, 0.4) is 0 Å². The Bertz CT molecular complexity index is 1120. The Labute approximate surface area is 149 Å². The van der Waals surface area contributed by atoms with Crippen molar-refractivity contribution in [2.75, 3.05) is 5.32 Å². The Balaban J connectivity index is 1.39.